The van der Waals surface area contributed by atoms with Gasteiger partial charge in [-0.25, -0.2) is 8.42 Å². The lowest BCUT2D eigenvalue weighted by molar-refractivity contribution is 0.375. The second-order valence-electron chi connectivity index (χ2n) is 5.31. The van der Waals surface area contributed by atoms with Crippen molar-refractivity contribution in [2.24, 2.45) is 11.1 Å². The minimum absolute atomic E-state index is 0.0278. The smallest absolute Gasteiger partial charge is 0.247 e. The molecule has 2 rings (SSSR count). The molecular weight excluding hydrogens is 320 g/mol. The highest BCUT2D eigenvalue weighted by Crippen LogP contribution is 2.35. The lowest BCUT2D eigenvalue weighted by Crippen LogP contribution is -2.30. The number of rotatable bonds is 3. The maximum Gasteiger partial charge on any atom is 0.247 e. The fourth-order valence-electron chi connectivity index (χ4n) is 2.08. The van der Waals surface area contributed by atoms with Crippen LogP contribution in [0.25, 0.3) is 0 Å². The topological polar surface area (TPSA) is 76.5 Å². The van der Waals surface area contributed by atoms with Gasteiger partial charge in [-0.2, -0.15) is 4.31 Å². The Morgan fingerprint density at radius 2 is 2.22 bits per heavy atom. The molecule has 18 heavy (non-hydrogen) atoms. The molecule has 1 aliphatic rings. The number of hydrogen-bond acceptors (Lipinski definition) is 4. The molecule has 1 aromatic rings. The van der Waals surface area contributed by atoms with Crippen LogP contribution in [0.4, 0.5) is 0 Å². The van der Waals surface area contributed by atoms with Crippen LogP contribution in [0.15, 0.2) is 20.0 Å². The summed E-state index contributed by atoms with van der Waals surface area (Å²) in [5.41, 5.74) is 5.48. The van der Waals surface area contributed by atoms with E-state index >= 15 is 0 Å². The Hall–Kier alpha value is -0.370. The first-order valence-electron chi connectivity index (χ1n) is 5.75. The van der Waals surface area contributed by atoms with Crippen molar-refractivity contribution in [3.05, 3.63) is 16.5 Å². The van der Waals surface area contributed by atoms with Crippen LogP contribution in [0.5, 0.6) is 0 Å². The molecule has 0 unspecified atom stereocenters. The third-order valence-electron chi connectivity index (χ3n) is 3.17. The molecule has 7 heteroatoms. The fraction of sp³-hybridized carbons (Fsp3) is 0.636. The Balaban J connectivity index is 2.34. The first-order valence-corrected chi connectivity index (χ1v) is 7.98. The molecule has 0 radical (unpaired) electrons. The number of halogens is 1. The summed E-state index contributed by atoms with van der Waals surface area (Å²) in [5, 5.41) is 0. The number of nitrogens with two attached hydrogens (primary N) is 1. The van der Waals surface area contributed by atoms with Crippen molar-refractivity contribution in [1.29, 1.82) is 0 Å². The minimum Gasteiger partial charge on any atom is -0.452 e. The molecule has 0 aliphatic carbocycles. The maximum absolute atomic E-state index is 12.5. The van der Waals surface area contributed by atoms with E-state index in [4.69, 9.17) is 10.2 Å². The fourth-order valence-corrected chi connectivity index (χ4v) is 4.67. The van der Waals surface area contributed by atoms with E-state index in [1.807, 2.05) is 0 Å². The van der Waals surface area contributed by atoms with Gasteiger partial charge in [-0.05, 0) is 27.8 Å². The Morgan fingerprint density at radius 3 is 2.67 bits per heavy atom. The van der Waals surface area contributed by atoms with E-state index < -0.39 is 10.0 Å². The zero-order valence-corrected chi connectivity index (χ0v) is 12.8. The van der Waals surface area contributed by atoms with Crippen molar-refractivity contribution < 1.29 is 12.8 Å². The second-order valence-corrected chi connectivity index (χ2v) is 7.93. The molecule has 0 bridgehead atoms. The highest BCUT2D eigenvalue weighted by Gasteiger charge is 2.38. The largest absolute Gasteiger partial charge is 0.452 e. The molecule has 2 N–H and O–H groups in total. The van der Waals surface area contributed by atoms with E-state index in [1.54, 1.807) is 0 Å². The van der Waals surface area contributed by atoms with E-state index in [2.05, 4.69) is 29.8 Å². The molecule has 1 aromatic heterocycles. The molecule has 0 saturated carbocycles. The maximum atomic E-state index is 12.5. The average molecular weight is 337 g/mol. The molecule has 1 saturated heterocycles. The van der Waals surface area contributed by atoms with Gasteiger partial charge in [0.15, 0.2) is 4.67 Å². The molecule has 0 aromatic carbocycles. The van der Waals surface area contributed by atoms with Gasteiger partial charge in [-0.3, -0.25) is 0 Å². The molecule has 0 atom stereocenters. The molecule has 1 fully saturated rings. The average Bonchev–Trinajstić information content (AvgIpc) is 2.82. The minimum atomic E-state index is -3.49. The van der Waals surface area contributed by atoms with E-state index in [0.717, 1.165) is 6.42 Å². The van der Waals surface area contributed by atoms with E-state index in [-0.39, 0.29) is 21.5 Å². The van der Waals surface area contributed by atoms with Crippen molar-refractivity contribution in [3.8, 4) is 0 Å². The summed E-state index contributed by atoms with van der Waals surface area (Å²) in [4.78, 5) is 0.167. The summed E-state index contributed by atoms with van der Waals surface area (Å²) in [7, 11) is -3.49. The number of nitrogens with zero attached hydrogens (tertiary/aromatic N) is 1. The van der Waals surface area contributed by atoms with Crippen molar-refractivity contribution in [1.82, 2.24) is 4.31 Å². The third kappa shape index (κ3) is 2.49. The Morgan fingerprint density at radius 1 is 1.56 bits per heavy atom. The predicted molar refractivity (Wildman–Crippen MR) is 71.5 cm³/mol. The number of hydrogen-bond donors (Lipinski definition) is 1. The SMILES string of the molecule is CC1(C)CCN(S(=O)(=O)c2cc(CN)oc2Br)C1. The summed E-state index contributed by atoms with van der Waals surface area (Å²) in [6.07, 6.45) is 0.867. The second kappa shape index (κ2) is 4.63. The van der Waals surface area contributed by atoms with Gasteiger partial charge in [0.25, 0.3) is 0 Å². The lowest BCUT2D eigenvalue weighted by Gasteiger charge is -2.19. The van der Waals surface area contributed by atoms with Crippen LogP contribution in [0.1, 0.15) is 26.0 Å². The summed E-state index contributed by atoms with van der Waals surface area (Å²) < 4.78 is 31.9. The van der Waals surface area contributed by atoms with Crippen molar-refractivity contribution in [3.63, 3.8) is 0 Å². The monoisotopic (exact) mass is 336 g/mol. The number of furan rings is 1. The van der Waals surface area contributed by atoms with Crippen molar-refractivity contribution in [2.75, 3.05) is 13.1 Å². The van der Waals surface area contributed by atoms with Crippen molar-refractivity contribution >= 4 is 26.0 Å². The van der Waals surface area contributed by atoms with Crippen LogP contribution in [0.3, 0.4) is 0 Å². The molecule has 0 spiro atoms. The van der Waals surface area contributed by atoms with E-state index in [0.29, 0.717) is 18.8 Å². The van der Waals surface area contributed by atoms with Crippen molar-refractivity contribution in [2.45, 2.75) is 31.7 Å². The molecule has 2 heterocycles. The molecule has 102 valence electrons. The van der Waals surface area contributed by atoms with Crippen LogP contribution in [0, 0.1) is 5.41 Å². The standard InChI is InChI=1S/C11H17BrN2O3S/c1-11(2)3-4-14(7-11)18(15,16)9-5-8(6-13)17-10(9)12/h5H,3-4,6-7,13H2,1-2H3. The summed E-state index contributed by atoms with van der Waals surface area (Å²) in [6, 6.07) is 1.49. The van der Waals surface area contributed by atoms with Crippen LogP contribution in [0.2, 0.25) is 0 Å². The van der Waals surface area contributed by atoms with E-state index in [1.165, 1.54) is 10.4 Å². The first kappa shape index (κ1) is 14.0. The normalized spacial score (nSPS) is 20.4. The van der Waals surface area contributed by atoms with Gasteiger partial charge < -0.3 is 10.2 Å². The highest BCUT2D eigenvalue weighted by atomic mass is 79.9. The quantitative estimate of drug-likeness (QED) is 0.914. The zero-order valence-electron chi connectivity index (χ0n) is 10.4. The third-order valence-corrected chi connectivity index (χ3v) is 5.87. The molecule has 5 nitrogen and oxygen atoms in total. The van der Waals surface area contributed by atoms with Gasteiger partial charge in [0, 0.05) is 19.2 Å². The van der Waals surface area contributed by atoms with Gasteiger partial charge in [-0.15, -0.1) is 0 Å². The summed E-state index contributed by atoms with van der Waals surface area (Å²) in [5.74, 6) is 0.457. The van der Waals surface area contributed by atoms with Gasteiger partial charge in [0.1, 0.15) is 10.7 Å². The first-order chi connectivity index (χ1) is 8.26. The van der Waals surface area contributed by atoms with Gasteiger partial charge in [0.2, 0.25) is 10.0 Å². The van der Waals surface area contributed by atoms with Crippen LogP contribution in [-0.4, -0.2) is 25.8 Å². The summed E-state index contributed by atoms with van der Waals surface area (Å²) in [6.45, 7) is 5.39. The van der Waals surface area contributed by atoms with Gasteiger partial charge in [0.05, 0.1) is 6.54 Å². The van der Waals surface area contributed by atoms with Crippen LogP contribution >= 0.6 is 15.9 Å². The van der Waals surface area contributed by atoms with Crippen LogP contribution in [-0.2, 0) is 16.6 Å². The zero-order chi connectivity index (χ0) is 13.6. The summed E-state index contributed by atoms with van der Waals surface area (Å²) >= 11 is 3.14. The lowest BCUT2D eigenvalue weighted by atomic mass is 9.93. The Labute approximate surface area is 116 Å². The Kier molecular flexibility index (Phi) is 3.61. The highest BCUT2D eigenvalue weighted by molar-refractivity contribution is 9.10. The molecular formula is C11H17BrN2O3S. The van der Waals surface area contributed by atoms with Crippen LogP contribution < -0.4 is 5.73 Å². The molecule has 1 aliphatic heterocycles. The Bertz CT molecular complexity index is 551. The molecule has 0 amide bonds. The number of sulfonamides is 1. The van der Waals surface area contributed by atoms with E-state index in [9.17, 15) is 8.42 Å². The van der Waals surface area contributed by atoms with Gasteiger partial charge in [-0.1, -0.05) is 13.8 Å². The predicted octanol–water partition coefficient (Wildman–Crippen LogP) is 1.92. The van der Waals surface area contributed by atoms with Gasteiger partial charge >= 0.3 is 0 Å².